The molecule has 0 radical (unpaired) electrons. The molecule has 0 atom stereocenters. The molecule has 0 aromatic heterocycles. The van der Waals surface area contributed by atoms with Gasteiger partial charge in [0.2, 0.25) is 0 Å². The van der Waals surface area contributed by atoms with Crippen LogP contribution >= 0.6 is 0 Å². The van der Waals surface area contributed by atoms with E-state index >= 15 is 0 Å². The lowest BCUT2D eigenvalue weighted by Crippen LogP contribution is -2.24. The normalized spacial score (nSPS) is 28.3. The Kier molecular flexibility index (Phi) is 3.67. The van der Waals surface area contributed by atoms with Crippen molar-refractivity contribution in [3.8, 4) is 0 Å². The van der Waals surface area contributed by atoms with Gasteiger partial charge in [0.1, 0.15) is 0 Å². The molecule has 0 bridgehead atoms. The van der Waals surface area contributed by atoms with E-state index in [0.29, 0.717) is 18.4 Å². The summed E-state index contributed by atoms with van der Waals surface area (Å²) in [6, 6.07) is 9.17. The molecular weight excluding hydrogens is 222 g/mol. The zero-order valence-electron chi connectivity index (χ0n) is 11.0. The molecule has 0 unspecified atom stereocenters. The fourth-order valence-electron chi connectivity index (χ4n) is 3.25. The Bertz CT molecular complexity index is 375. The molecule has 0 spiro atoms. The van der Waals surface area contributed by atoms with E-state index in [1.807, 2.05) is 0 Å². The number of aliphatic hydroxyl groups excluding tert-OH is 1. The molecule has 2 aliphatic rings. The number of rotatable bonds is 4. The molecule has 1 saturated carbocycles. The number of nitrogens with zero attached hydrogens (tertiary/aromatic N) is 1. The molecule has 1 aromatic rings. The van der Waals surface area contributed by atoms with E-state index in [0.717, 1.165) is 6.54 Å². The van der Waals surface area contributed by atoms with Crippen molar-refractivity contribution in [2.75, 3.05) is 19.7 Å². The minimum Gasteiger partial charge on any atom is -0.396 e. The summed E-state index contributed by atoms with van der Waals surface area (Å²) < 4.78 is 0. The van der Waals surface area contributed by atoms with Gasteiger partial charge in [-0.2, -0.15) is 0 Å². The molecule has 98 valence electrons. The number of hydrogen-bond acceptors (Lipinski definition) is 2. The predicted octanol–water partition coefficient (Wildman–Crippen LogP) is 2.77. The standard InChI is InChI=1S/C16H23NO/c18-12-14-9-16(10-14)15-5-3-13(4-6-15)11-17-7-1-2-8-17/h3-6,14,16,18H,1-2,7-12H2/t14-,16-. The Hall–Kier alpha value is -0.860. The first-order valence-electron chi connectivity index (χ1n) is 7.27. The van der Waals surface area contributed by atoms with Crippen LogP contribution < -0.4 is 0 Å². The van der Waals surface area contributed by atoms with Crippen molar-refractivity contribution in [1.82, 2.24) is 4.90 Å². The molecule has 18 heavy (non-hydrogen) atoms. The molecule has 1 aromatic carbocycles. The summed E-state index contributed by atoms with van der Waals surface area (Å²) >= 11 is 0. The average molecular weight is 245 g/mol. The van der Waals surface area contributed by atoms with Gasteiger partial charge >= 0.3 is 0 Å². The van der Waals surface area contributed by atoms with Crippen LogP contribution in [0, 0.1) is 5.92 Å². The summed E-state index contributed by atoms with van der Waals surface area (Å²) in [5.41, 5.74) is 2.91. The highest BCUT2D eigenvalue weighted by atomic mass is 16.3. The Morgan fingerprint density at radius 1 is 1.06 bits per heavy atom. The Balaban J connectivity index is 1.56. The van der Waals surface area contributed by atoms with Gasteiger partial charge in [-0.25, -0.2) is 0 Å². The highest BCUT2D eigenvalue weighted by Crippen LogP contribution is 2.41. The van der Waals surface area contributed by atoms with E-state index in [9.17, 15) is 0 Å². The summed E-state index contributed by atoms with van der Waals surface area (Å²) in [6.07, 6.45) is 5.06. The van der Waals surface area contributed by atoms with Crippen LogP contribution in [0.4, 0.5) is 0 Å². The van der Waals surface area contributed by atoms with Crippen molar-refractivity contribution in [3.63, 3.8) is 0 Å². The second-order valence-electron chi connectivity index (χ2n) is 5.94. The lowest BCUT2D eigenvalue weighted by atomic mass is 9.72. The van der Waals surface area contributed by atoms with Crippen molar-refractivity contribution in [3.05, 3.63) is 35.4 Å². The van der Waals surface area contributed by atoms with Crippen LogP contribution in [-0.4, -0.2) is 29.7 Å². The van der Waals surface area contributed by atoms with Crippen LogP contribution in [0.15, 0.2) is 24.3 Å². The number of aliphatic hydroxyl groups is 1. The van der Waals surface area contributed by atoms with Gasteiger partial charge in [-0.3, -0.25) is 4.90 Å². The minimum absolute atomic E-state index is 0.365. The lowest BCUT2D eigenvalue weighted by molar-refractivity contribution is 0.142. The van der Waals surface area contributed by atoms with Gasteiger partial charge in [-0.05, 0) is 61.7 Å². The maximum atomic E-state index is 9.05. The van der Waals surface area contributed by atoms with Crippen molar-refractivity contribution >= 4 is 0 Å². The van der Waals surface area contributed by atoms with Crippen LogP contribution in [0.3, 0.4) is 0 Å². The van der Waals surface area contributed by atoms with Crippen LogP contribution in [0.2, 0.25) is 0 Å². The number of hydrogen-bond donors (Lipinski definition) is 1. The Morgan fingerprint density at radius 3 is 2.33 bits per heavy atom. The van der Waals surface area contributed by atoms with E-state index in [2.05, 4.69) is 29.2 Å². The molecule has 1 aliphatic heterocycles. The molecule has 0 amide bonds. The summed E-state index contributed by atoms with van der Waals surface area (Å²) in [6.45, 7) is 4.01. The minimum atomic E-state index is 0.365. The Morgan fingerprint density at radius 2 is 1.72 bits per heavy atom. The zero-order valence-corrected chi connectivity index (χ0v) is 11.0. The third kappa shape index (κ3) is 2.60. The highest BCUT2D eigenvalue weighted by Gasteiger charge is 2.29. The van der Waals surface area contributed by atoms with Crippen LogP contribution in [0.1, 0.15) is 42.7 Å². The molecule has 1 N–H and O–H groups in total. The molecule has 1 saturated heterocycles. The second kappa shape index (κ2) is 5.41. The summed E-state index contributed by atoms with van der Waals surface area (Å²) in [5.74, 6) is 1.25. The van der Waals surface area contributed by atoms with E-state index in [1.54, 1.807) is 0 Å². The van der Waals surface area contributed by atoms with Crippen LogP contribution in [-0.2, 0) is 6.54 Å². The van der Waals surface area contributed by atoms with Gasteiger partial charge in [0.25, 0.3) is 0 Å². The zero-order chi connectivity index (χ0) is 12.4. The fourth-order valence-corrected chi connectivity index (χ4v) is 3.25. The second-order valence-corrected chi connectivity index (χ2v) is 5.94. The van der Waals surface area contributed by atoms with Crippen molar-refractivity contribution in [2.24, 2.45) is 5.92 Å². The summed E-state index contributed by atoms with van der Waals surface area (Å²) in [5, 5.41) is 9.05. The van der Waals surface area contributed by atoms with Gasteiger partial charge in [-0.15, -0.1) is 0 Å². The molecular formula is C16H23NO. The van der Waals surface area contributed by atoms with Gasteiger partial charge in [0.05, 0.1) is 0 Å². The van der Waals surface area contributed by atoms with E-state index < -0.39 is 0 Å². The van der Waals surface area contributed by atoms with Crippen molar-refractivity contribution in [1.29, 1.82) is 0 Å². The maximum absolute atomic E-state index is 9.05. The van der Waals surface area contributed by atoms with E-state index in [4.69, 9.17) is 5.11 Å². The van der Waals surface area contributed by atoms with Gasteiger partial charge in [-0.1, -0.05) is 24.3 Å². The average Bonchev–Trinajstić information content (AvgIpc) is 2.83. The SMILES string of the molecule is OC[C@H]1C[C@H](c2ccc(CN3CCCC3)cc2)C1. The monoisotopic (exact) mass is 245 g/mol. The third-order valence-electron chi connectivity index (χ3n) is 4.55. The lowest BCUT2D eigenvalue weighted by Gasteiger charge is -2.34. The largest absolute Gasteiger partial charge is 0.396 e. The maximum Gasteiger partial charge on any atom is 0.0459 e. The molecule has 1 heterocycles. The number of benzene rings is 1. The van der Waals surface area contributed by atoms with Crippen molar-refractivity contribution < 1.29 is 5.11 Å². The first kappa shape index (κ1) is 12.2. The molecule has 2 heteroatoms. The van der Waals surface area contributed by atoms with Crippen LogP contribution in [0.5, 0.6) is 0 Å². The molecule has 2 fully saturated rings. The highest BCUT2D eigenvalue weighted by molar-refractivity contribution is 5.27. The first-order valence-corrected chi connectivity index (χ1v) is 7.27. The first-order chi connectivity index (χ1) is 8.85. The van der Waals surface area contributed by atoms with E-state index in [-0.39, 0.29) is 0 Å². The smallest absolute Gasteiger partial charge is 0.0459 e. The topological polar surface area (TPSA) is 23.5 Å². The third-order valence-corrected chi connectivity index (χ3v) is 4.55. The van der Waals surface area contributed by atoms with Crippen LogP contribution in [0.25, 0.3) is 0 Å². The van der Waals surface area contributed by atoms with E-state index in [1.165, 1.54) is 49.9 Å². The molecule has 3 rings (SSSR count). The Labute approximate surface area is 110 Å². The summed E-state index contributed by atoms with van der Waals surface area (Å²) in [7, 11) is 0. The predicted molar refractivity (Wildman–Crippen MR) is 73.5 cm³/mol. The van der Waals surface area contributed by atoms with Gasteiger partial charge in [0, 0.05) is 13.2 Å². The van der Waals surface area contributed by atoms with Crippen molar-refractivity contribution in [2.45, 2.75) is 38.1 Å². The fraction of sp³-hybridized carbons (Fsp3) is 0.625. The van der Waals surface area contributed by atoms with Gasteiger partial charge < -0.3 is 5.11 Å². The van der Waals surface area contributed by atoms with Gasteiger partial charge in [0.15, 0.2) is 0 Å². The quantitative estimate of drug-likeness (QED) is 0.881. The molecule has 1 aliphatic carbocycles. The summed E-state index contributed by atoms with van der Waals surface area (Å²) in [4.78, 5) is 2.54. The number of likely N-dealkylation sites (tertiary alicyclic amines) is 1. The molecule has 2 nitrogen and oxygen atoms in total.